The Balaban J connectivity index is 2.17. The largest absolute Gasteiger partial charge is 0.299 e. The summed E-state index contributed by atoms with van der Waals surface area (Å²) < 4.78 is 0. The third-order valence-corrected chi connectivity index (χ3v) is 3.60. The lowest BCUT2D eigenvalue weighted by Crippen LogP contribution is -2.22. The van der Waals surface area contributed by atoms with Crippen LogP contribution in [0.1, 0.15) is 36.2 Å². The molecule has 2 rings (SSSR count). The topological polar surface area (TPSA) is 34.1 Å². The zero-order valence-electron chi connectivity index (χ0n) is 13.0. The summed E-state index contributed by atoms with van der Waals surface area (Å²) in [5, 5.41) is 0. The lowest BCUT2D eigenvalue weighted by molar-refractivity contribution is -0.119. The quantitative estimate of drug-likeness (QED) is 0.577. The van der Waals surface area contributed by atoms with Crippen LogP contribution in [0.3, 0.4) is 0 Å². The van der Waals surface area contributed by atoms with Gasteiger partial charge in [-0.05, 0) is 25.8 Å². The van der Waals surface area contributed by atoms with Gasteiger partial charge in [-0.15, -0.1) is 0 Å². The number of hydrogen-bond acceptors (Lipinski definition) is 2. The molecule has 1 unspecified atom stereocenters. The second-order valence-corrected chi connectivity index (χ2v) is 5.50. The molecule has 0 bridgehead atoms. The maximum Gasteiger partial charge on any atom is 0.173 e. The van der Waals surface area contributed by atoms with Gasteiger partial charge >= 0.3 is 0 Å². The Morgan fingerprint density at radius 3 is 2.00 bits per heavy atom. The lowest BCUT2D eigenvalue weighted by atomic mass is 9.88. The van der Waals surface area contributed by atoms with Crippen LogP contribution in [0, 0.1) is 5.92 Å². The van der Waals surface area contributed by atoms with Gasteiger partial charge in [0.1, 0.15) is 5.78 Å². The average molecular weight is 292 g/mol. The predicted octanol–water partition coefficient (Wildman–Crippen LogP) is 4.57. The molecule has 0 aliphatic rings. The first-order chi connectivity index (χ1) is 10.6. The molecule has 0 spiro atoms. The minimum atomic E-state index is -0.609. The normalized spacial score (nSPS) is 12.7. The summed E-state index contributed by atoms with van der Waals surface area (Å²) in [7, 11) is 0. The molecule has 2 heteroatoms. The third kappa shape index (κ3) is 4.26. The number of rotatable bonds is 6. The van der Waals surface area contributed by atoms with Crippen molar-refractivity contribution in [1.82, 2.24) is 0 Å². The van der Waals surface area contributed by atoms with Crippen LogP contribution in [-0.2, 0) is 4.79 Å². The summed E-state index contributed by atoms with van der Waals surface area (Å²) >= 11 is 0. The van der Waals surface area contributed by atoms with Crippen LogP contribution in [0.15, 0.2) is 66.2 Å². The summed E-state index contributed by atoms with van der Waals surface area (Å²) in [5.41, 5.74) is 2.69. The average Bonchev–Trinajstić information content (AvgIpc) is 2.53. The fourth-order valence-corrected chi connectivity index (χ4v) is 2.44. The Morgan fingerprint density at radius 1 is 0.909 bits per heavy atom. The second-order valence-electron chi connectivity index (χ2n) is 5.50. The van der Waals surface area contributed by atoms with Crippen molar-refractivity contribution in [3.05, 3.63) is 77.4 Å². The highest BCUT2D eigenvalue weighted by Gasteiger charge is 2.24. The van der Waals surface area contributed by atoms with E-state index in [1.807, 2.05) is 61.5 Å². The van der Waals surface area contributed by atoms with E-state index < -0.39 is 5.92 Å². The highest BCUT2D eigenvalue weighted by atomic mass is 16.1. The van der Waals surface area contributed by atoms with Gasteiger partial charge in [-0.3, -0.25) is 9.59 Å². The van der Waals surface area contributed by atoms with Crippen molar-refractivity contribution < 1.29 is 9.59 Å². The summed E-state index contributed by atoms with van der Waals surface area (Å²) in [4.78, 5) is 24.4. The van der Waals surface area contributed by atoms with Crippen molar-refractivity contribution >= 4 is 17.6 Å². The first-order valence-electron chi connectivity index (χ1n) is 7.40. The smallest absolute Gasteiger partial charge is 0.173 e. The van der Waals surface area contributed by atoms with Gasteiger partial charge in [-0.1, -0.05) is 72.3 Å². The number of ketones is 2. The van der Waals surface area contributed by atoms with Crippen LogP contribution in [0.25, 0.3) is 6.08 Å². The molecule has 0 radical (unpaired) electrons. The molecule has 22 heavy (non-hydrogen) atoms. The Kier molecular flexibility index (Phi) is 5.42. The molecule has 0 aromatic heterocycles. The number of allylic oxidation sites excluding steroid dienone is 1. The zero-order valence-corrected chi connectivity index (χ0v) is 13.0. The summed E-state index contributed by atoms with van der Waals surface area (Å²) in [6, 6.07) is 18.9. The van der Waals surface area contributed by atoms with Crippen molar-refractivity contribution in [3.8, 4) is 0 Å². The second kappa shape index (κ2) is 7.51. The number of hydrogen-bond donors (Lipinski definition) is 0. The number of carbonyl (C=O) groups excluding carboxylic acids is 2. The highest BCUT2D eigenvalue weighted by Crippen LogP contribution is 2.20. The Bertz CT molecular complexity index is 669. The molecule has 0 saturated heterocycles. The van der Waals surface area contributed by atoms with Gasteiger partial charge in [0.15, 0.2) is 5.78 Å². The predicted molar refractivity (Wildman–Crippen MR) is 89.7 cm³/mol. The molecule has 2 aromatic rings. The molecule has 0 aliphatic carbocycles. The van der Waals surface area contributed by atoms with Crippen molar-refractivity contribution in [1.29, 1.82) is 0 Å². The van der Waals surface area contributed by atoms with Crippen molar-refractivity contribution in [2.75, 3.05) is 0 Å². The minimum Gasteiger partial charge on any atom is -0.299 e. The van der Waals surface area contributed by atoms with Gasteiger partial charge in [-0.2, -0.15) is 0 Å². The molecule has 0 heterocycles. The number of benzene rings is 2. The highest BCUT2D eigenvalue weighted by molar-refractivity contribution is 6.10. The van der Waals surface area contributed by atoms with Crippen LogP contribution in [0.4, 0.5) is 0 Å². The molecule has 2 aromatic carbocycles. The SMILES string of the molecule is CC(=O)C(C/C(C)=C/c1ccccc1)C(=O)c1ccccc1. The molecule has 0 fully saturated rings. The zero-order chi connectivity index (χ0) is 15.9. The van der Waals surface area contributed by atoms with Crippen LogP contribution in [-0.4, -0.2) is 11.6 Å². The van der Waals surface area contributed by atoms with E-state index in [0.717, 1.165) is 11.1 Å². The van der Waals surface area contributed by atoms with Gasteiger partial charge in [0.05, 0.1) is 5.92 Å². The standard InChI is InChI=1S/C20H20O2/c1-15(13-17-9-5-3-6-10-17)14-19(16(2)21)20(22)18-11-7-4-8-12-18/h3-13,19H,14H2,1-2H3/b15-13+. The summed E-state index contributed by atoms with van der Waals surface area (Å²) in [6.07, 6.45) is 2.48. The monoisotopic (exact) mass is 292 g/mol. The maximum absolute atomic E-state index is 12.5. The van der Waals surface area contributed by atoms with E-state index in [1.165, 1.54) is 6.92 Å². The first kappa shape index (κ1) is 15.9. The molecule has 0 aliphatic heterocycles. The minimum absolute atomic E-state index is 0.0883. The fraction of sp³-hybridized carbons (Fsp3) is 0.200. The van der Waals surface area contributed by atoms with E-state index in [9.17, 15) is 9.59 Å². The number of carbonyl (C=O) groups is 2. The van der Waals surface area contributed by atoms with E-state index in [4.69, 9.17) is 0 Å². The van der Waals surface area contributed by atoms with Gasteiger partial charge < -0.3 is 0 Å². The molecule has 0 N–H and O–H groups in total. The van der Waals surface area contributed by atoms with Crippen molar-refractivity contribution in [2.24, 2.45) is 5.92 Å². The van der Waals surface area contributed by atoms with Crippen LogP contribution < -0.4 is 0 Å². The van der Waals surface area contributed by atoms with E-state index >= 15 is 0 Å². The molecular formula is C20H20O2. The molecule has 2 nitrogen and oxygen atoms in total. The van der Waals surface area contributed by atoms with E-state index in [0.29, 0.717) is 12.0 Å². The number of Topliss-reactive ketones (excluding diaryl/α,β-unsaturated/α-hetero) is 2. The summed E-state index contributed by atoms with van der Waals surface area (Å²) in [6.45, 7) is 3.45. The summed E-state index contributed by atoms with van der Waals surface area (Å²) in [5.74, 6) is -0.800. The van der Waals surface area contributed by atoms with Crippen molar-refractivity contribution in [2.45, 2.75) is 20.3 Å². The van der Waals surface area contributed by atoms with Crippen LogP contribution in [0.5, 0.6) is 0 Å². The van der Waals surface area contributed by atoms with E-state index in [-0.39, 0.29) is 11.6 Å². The van der Waals surface area contributed by atoms with Gasteiger partial charge in [0, 0.05) is 5.56 Å². The van der Waals surface area contributed by atoms with E-state index in [1.54, 1.807) is 12.1 Å². The Labute approximate surface area is 131 Å². The molecule has 0 saturated carbocycles. The van der Waals surface area contributed by atoms with Gasteiger partial charge in [0.2, 0.25) is 0 Å². The molecule has 1 atom stereocenters. The van der Waals surface area contributed by atoms with Crippen LogP contribution in [0.2, 0.25) is 0 Å². The molecule has 112 valence electrons. The van der Waals surface area contributed by atoms with Gasteiger partial charge in [-0.25, -0.2) is 0 Å². The Hall–Kier alpha value is -2.48. The van der Waals surface area contributed by atoms with Crippen LogP contribution >= 0.6 is 0 Å². The molecular weight excluding hydrogens is 272 g/mol. The maximum atomic E-state index is 12.5. The third-order valence-electron chi connectivity index (χ3n) is 3.60. The fourth-order valence-electron chi connectivity index (χ4n) is 2.44. The van der Waals surface area contributed by atoms with E-state index in [2.05, 4.69) is 0 Å². The van der Waals surface area contributed by atoms with Crippen molar-refractivity contribution in [3.63, 3.8) is 0 Å². The van der Waals surface area contributed by atoms with Gasteiger partial charge in [0.25, 0.3) is 0 Å². The lowest BCUT2D eigenvalue weighted by Gasteiger charge is -2.13. The first-order valence-corrected chi connectivity index (χ1v) is 7.40. The Morgan fingerprint density at radius 2 is 1.45 bits per heavy atom. The molecule has 0 amide bonds.